The van der Waals surface area contributed by atoms with Crippen LogP contribution in [0.5, 0.6) is 0 Å². The number of hydrogen-bond donors (Lipinski definition) is 1. The summed E-state index contributed by atoms with van der Waals surface area (Å²) in [5.41, 5.74) is 1.09. The Morgan fingerprint density at radius 1 is 1.58 bits per heavy atom. The standard InChI is InChI=1S/C15H22N2OS/c1-11(2)15-17-13(10-19-15)7-8-16-14(18)9-12-5-3-4-6-12/h3,5,10-12H,4,6-9H2,1-2H3,(H,16,18)/t12-/m1/s1. The van der Waals surface area contributed by atoms with E-state index >= 15 is 0 Å². The molecule has 0 saturated carbocycles. The summed E-state index contributed by atoms with van der Waals surface area (Å²) < 4.78 is 0. The van der Waals surface area contributed by atoms with Gasteiger partial charge in [-0.3, -0.25) is 4.79 Å². The highest BCUT2D eigenvalue weighted by molar-refractivity contribution is 7.09. The number of carbonyl (C=O) groups excluding carboxylic acids is 1. The van der Waals surface area contributed by atoms with Gasteiger partial charge >= 0.3 is 0 Å². The van der Waals surface area contributed by atoms with Crippen molar-refractivity contribution in [2.24, 2.45) is 5.92 Å². The zero-order valence-electron chi connectivity index (χ0n) is 11.7. The van der Waals surface area contributed by atoms with Crippen molar-refractivity contribution in [3.05, 3.63) is 28.2 Å². The summed E-state index contributed by atoms with van der Waals surface area (Å²) in [6.45, 7) is 5.00. The van der Waals surface area contributed by atoms with Crippen molar-refractivity contribution in [1.82, 2.24) is 10.3 Å². The normalized spacial score (nSPS) is 18.2. The molecule has 1 aliphatic rings. The van der Waals surface area contributed by atoms with Crippen molar-refractivity contribution < 1.29 is 4.79 Å². The fourth-order valence-electron chi connectivity index (χ4n) is 2.21. The van der Waals surface area contributed by atoms with Crippen molar-refractivity contribution >= 4 is 17.2 Å². The SMILES string of the molecule is CC(C)c1nc(CCNC(=O)C[C@@H]2C=CCC2)cs1. The Balaban J connectivity index is 1.67. The second-order valence-corrected chi connectivity index (χ2v) is 6.29. The van der Waals surface area contributed by atoms with Crippen molar-refractivity contribution in [3.8, 4) is 0 Å². The molecule has 1 atom stereocenters. The van der Waals surface area contributed by atoms with Gasteiger partial charge in [0, 0.05) is 30.7 Å². The van der Waals surface area contributed by atoms with Crippen LogP contribution in [-0.2, 0) is 11.2 Å². The lowest BCUT2D eigenvalue weighted by molar-refractivity contribution is -0.121. The molecule has 0 spiro atoms. The van der Waals surface area contributed by atoms with Crippen LogP contribution in [0.25, 0.3) is 0 Å². The fourth-order valence-corrected chi connectivity index (χ4v) is 3.08. The van der Waals surface area contributed by atoms with Crippen molar-refractivity contribution in [2.75, 3.05) is 6.54 Å². The van der Waals surface area contributed by atoms with Gasteiger partial charge in [-0.05, 0) is 18.8 Å². The van der Waals surface area contributed by atoms with E-state index in [9.17, 15) is 4.79 Å². The molecule has 0 fully saturated rings. The predicted octanol–water partition coefficient (Wildman–Crippen LogP) is 3.28. The molecule has 0 saturated heterocycles. The summed E-state index contributed by atoms with van der Waals surface area (Å²) in [4.78, 5) is 16.3. The van der Waals surface area contributed by atoms with Crippen LogP contribution in [0.1, 0.15) is 49.7 Å². The highest BCUT2D eigenvalue weighted by Gasteiger charge is 2.13. The number of nitrogens with zero attached hydrogens (tertiary/aromatic N) is 1. The van der Waals surface area contributed by atoms with Gasteiger partial charge in [-0.25, -0.2) is 4.98 Å². The van der Waals surface area contributed by atoms with Crippen LogP contribution in [-0.4, -0.2) is 17.4 Å². The zero-order chi connectivity index (χ0) is 13.7. The largest absolute Gasteiger partial charge is 0.356 e. The smallest absolute Gasteiger partial charge is 0.220 e. The molecular formula is C15H22N2OS. The lowest BCUT2D eigenvalue weighted by Crippen LogP contribution is -2.27. The quantitative estimate of drug-likeness (QED) is 0.811. The molecule has 1 aromatic heterocycles. The van der Waals surface area contributed by atoms with Gasteiger partial charge in [0.2, 0.25) is 5.91 Å². The molecule has 0 aliphatic heterocycles. The number of nitrogens with one attached hydrogen (secondary N) is 1. The van der Waals surface area contributed by atoms with E-state index in [4.69, 9.17) is 0 Å². The van der Waals surface area contributed by atoms with Crippen LogP contribution < -0.4 is 5.32 Å². The Morgan fingerprint density at radius 3 is 3.05 bits per heavy atom. The topological polar surface area (TPSA) is 42.0 Å². The molecule has 104 valence electrons. The molecule has 4 heteroatoms. The van der Waals surface area contributed by atoms with E-state index in [1.807, 2.05) is 0 Å². The van der Waals surface area contributed by atoms with Crippen LogP contribution >= 0.6 is 11.3 Å². The van der Waals surface area contributed by atoms with Crippen LogP contribution in [0.4, 0.5) is 0 Å². The Hall–Kier alpha value is -1.16. The number of allylic oxidation sites excluding steroid dienone is 2. The number of rotatable bonds is 6. The molecule has 3 nitrogen and oxygen atoms in total. The van der Waals surface area contributed by atoms with E-state index in [1.165, 1.54) is 5.01 Å². The maximum atomic E-state index is 11.7. The maximum absolute atomic E-state index is 11.7. The van der Waals surface area contributed by atoms with Gasteiger partial charge in [-0.2, -0.15) is 0 Å². The van der Waals surface area contributed by atoms with Gasteiger partial charge in [-0.1, -0.05) is 26.0 Å². The second-order valence-electron chi connectivity index (χ2n) is 5.40. The van der Waals surface area contributed by atoms with Crippen molar-refractivity contribution in [1.29, 1.82) is 0 Å². The van der Waals surface area contributed by atoms with Crippen molar-refractivity contribution in [2.45, 2.75) is 45.4 Å². The Labute approximate surface area is 119 Å². The fraction of sp³-hybridized carbons (Fsp3) is 0.600. The molecule has 0 radical (unpaired) electrons. The third-order valence-corrected chi connectivity index (χ3v) is 4.52. The first-order valence-electron chi connectivity index (χ1n) is 7.03. The summed E-state index contributed by atoms with van der Waals surface area (Å²) in [6, 6.07) is 0. The van der Waals surface area contributed by atoms with Crippen LogP contribution in [0.15, 0.2) is 17.5 Å². The van der Waals surface area contributed by atoms with E-state index in [-0.39, 0.29) is 5.91 Å². The molecule has 0 bridgehead atoms. The minimum Gasteiger partial charge on any atom is -0.356 e. The van der Waals surface area contributed by atoms with E-state index in [0.717, 1.165) is 25.0 Å². The first-order chi connectivity index (χ1) is 9.15. The molecule has 1 aromatic rings. The van der Waals surface area contributed by atoms with Crippen LogP contribution in [0.2, 0.25) is 0 Å². The maximum Gasteiger partial charge on any atom is 0.220 e. The molecule has 19 heavy (non-hydrogen) atoms. The molecule has 0 aromatic carbocycles. The average Bonchev–Trinajstić information content (AvgIpc) is 3.00. The van der Waals surface area contributed by atoms with Gasteiger partial charge in [0.1, 0.15) is 0 Å². The molecule has 1 heterocycles. The van der Waals surface area contributed by atoms with Gasteiger partial charge in [0.25, 0.3) is 0 Å². The zero-order valence-corrected chi connectivity index (χ0v) is 12.5. The molecular weight excluding hydrogens is 256 g/mol. The summed E-state index contributed by atoms with van der Waals surface area (Å²) in [6.07, 6.45) is 8.03. The first-order valence-corrected chi connectivity index (χ1v) is 7.90. The first kappa shape index (κ1) is 14.3. The van der Waals surface area contributed by atoms with Crippen molar-refractivity contribution in [3.63, 3.8) is 0 Å². The summed E-state index contributed by atoms with van der Waals surface area (Å²) in [7, 11) is 0. The number of aromatic nitrogens is 1. The molecule has 1 aliphatic carbocycles. The number of hydrogen-bond acceptors (Lipinski definition) is 3. The monoisotopic (exact) mass is 278 g/mol. The van der Waals surface area contributed by atoms with Gasteiger partial charge in [0.05, 0.1) is 10.7 Å². The number of thiazole rings is 1. The van der Waals surface area contributed by atoms with Gasteiger partial charge in [-0.15, -0.1) is 11.3 Å². The molecule has 1 N–H and O–H groups in total. The van der Waals surface area contributed by atoms with Crippen LogP contribution in [0, 0.1) is 5.92 Å². The van der Waals surface area contributed by atoms with E-state index < -0.39 is 0 Å². The Kier molecular flexibility index (Phi) is 5.14. The molecule has 1 amide bonds. The van der Waals surface area contributed by atoms with Gasteiger partial charge < -0.3 is 5.32 Å². The lowest BCUT2D eigenvalue weighted by Gasteiger charge is -2.07. The summed E-state index contributed by atoms with van der Waals surface area (Å²) in [5, 5.41) is 6.26. The number of carbonyl (C=O) groups is 1. The second kappa shape index (κ2) is 6.85. The third kappa shape index (κ3) is 4.46. The Morgan fingerprint density at radius 2 is 2.42 bits per heavy atom. The van der Waals surface area contributed by atoms with Gasteiger partial charge in [0.15, 0.2) is 0 Å². The Bertz CT molecular complexity index is 451. The number of amides is 1. The molecule has 0 unspecified atom stereocenters. The lowest BCUT2D eigenvalue weighted by atomic mass is 10.1. The van der Waals surface area contributed by atoms with E-state index in [0.29, 0.717) is 24.8 Å². The third-order valence-electron chi connectivity index (χ3n) is 3.33. The predicted molar refractivity (Wildman–Crippen MR) is 79.4 cm³/mol. The minimum atomic E-state index is 0.163. The summed E-state index contributed by atoms with van der Waals surface area (Å²) in [5.74, 6) is 1.10. The minimum absolute atomic E-state index is 0.163. The van der Waals surface area contributed by atoms with Crippen LogP contribution in [0.3, 0.4) is 0 Å². The summed E-state index contributed by atoms with van der Waals surface area (Å²) >= 11 is 1.71. The van der Waals surface area contributed by atoms with E-state index in [2.05, 4.69) is 41.7 Å². The highest BCUT2D eigenvalue weighted by atomic mass is 32.1. The highest BCUT2D eigenvalue weighted by Crippen LogP contribution is 2.20. The molecule has 2 rings (SSSR count). The van der Waals surface area contributed by atoms with E-state index in [1.54, 1.807) is 11.3 Å². The average molecular weight is 278 g/mol.